The third-order valence-electron chi connectivity index (χ3n) is 3.39. The van der Waals surface area contributed by atoms with E-state index in [0.717, 1.165) is 24.3 Å². The Hall–Kier alpha value is -1.63. The van der Waals surface area contributed by atoms with Gasteiger partial charge in [-0.15, -0.1) is 11.3 Å². The van der Waals surface area contributed by atoms with Crippen LogP contribution in [0.3, 0.4) is 0 Å². The van der Waals surface area contributed by atoms with Crippen molar-refractivity contribution >= 4 is 23.3 Å². The zero-order chi connectivity index (χ0) is 14.5. The Kier molecular flexibility index (Phi) is 4.94. The smallest absolute Gasteiger partial charge is 0.318 e. The molecule has 0 aliphatic carbocycles. The maximum Gasteiger partial charge on any atom is 0.318 e. The molecule has 2 N–H and O–H groups in total. The molecule has 2 amide bonds. The second kappa shape index (κ2) is 6.69. The topological polar surface area (TPSA) is 82.5 Å². The molecule has 1 saturated heterocycles. The van der Waals surface area contributed by atoms with Crippen molar-refractivity contribution in [1.29, 1.82) is 0 Å². The highest BCUT2D eigenvalue weighted by molar-refractivity contribution is 7.11. The molecule has 7 heteroatoms. The average Bonchev–Trinajstić information content (AvgIpc) is 3.04. The molecule has 2 heterocycles. The van der Waals surface area contributed by atoms with Gasteiger partial charge in [-0.05, 0) is 19.3 Å². The molecule has 6 nitrogen and oxygen atoms in total. The molecule has 1 atom stereocenters. The lowest BCUT2D eigenvalue weighted by atomic mass is 10.1. The lowest BCUT2D eigenvalue weighted by molar-refractivity contribution is -0.137. The van der Waals surface area contributed by atoms with Gasteiger partial charge in [-0.1, -0.05) is 6.92 Å². The molecule has 1 aliphatic rings. The number of amides is 2. The third-order valence-corrected chi connectivity index (χ3v) is 4.53. The second-order valence-electron chi connectivity index (χ2n) is 4.82. The first-order chi connectivity index (χ1) is 9.60. The Bertz CT molecular complexity index is 489. The number of hydrogen-bond acceptors (Lipinski definition) is 4. The standard InChI is InChI=1S/C13H19N3O3S/c1-2-10-7-14-11(20-10)8-15-13(19)16-5-3-4-9(16)6-12(17)18/h7,9H,2-6,8H2,1H3,(H,15,19)(H,17,18). The maximum absolute atomic E-state index is 12.1. The Morgan fingerprint density at radius 3 is 3.05 bits per heavy atom. The summed E-state index contributed by atoms with van der Waals surface area (Å²) in [5.74, 6) is -0.859. The van der Waals surface area contributed by atoms with Crippen molar-refractivity contribution in [2.75, 3.05) is 6.54 Å². The molecule has 0 spiro atoms. The minimum absolute atomic E-state index is 0.0185. The molecular formula is C13H19N3O3S. The first-order valence-electron chi connectivity index (χ1n) is 6.80. The SMILES string of the molecule is CCc1cnc(CNC(=O)N2CCCC2CC(=O)O)s1. The van der Waals surface area contributed by atoms with Crippen molar-refractivity contribution in [2.24, 2.45) is 0 Å². The zero-order valence-corrected chi connectivity index (χ0v) is 12.3. The number of carbonyl (C=O) groups is 2. The molecule has 0 bridgehead atoms. The lowest BCUT2D eigenvalue weighted by Crippen LogP contribution is -2.43. The molecule has 1 fully saturated rings. The average molecular weight is 297 g/mol. The highest BCUT2D eigenvalue weighted by atomic mass is 32.1. The van der Waals surface area contributed by atoms with E-state index >= 15 is 0 Å². The van der Waals surface area contributed by atoms with Crippen LogP contribution in [0, 0.1) is 0 Å². The predicted octanol–water partition coefficient (Wildman–Crippen LogP) is 1.85. The number of carbonyl (C=O) groups excluding carboxylic acids is 1. The Morgan fingerprint density at radius 1 is 1.60 bits per heavy atom. The van der Waals surface area contributed by atoms with Gasteiger partial charge in [0, 0.05) is 23.7 Å². The van der Waals surface area contributed by atoms with Crippen molar-refractivity contribution in [3.8, 4) is 0 Å². The van der Waals surface area contributed by atoms with Gasteiger partial charge >= 0.3 is 12.0 Å². The summed E-state index contributed by atoms with van der Waals surface area (Å²) in [4.78, 5) is 29.9. The number of aromatic nitrogens is 1. The van der Waals surface area contributed by atoms with Crippen molar-refractivity contribution in [3.05, 3.63) is 16.1 Å². The van der Waals surface area contributed by atoms with E-state index in [9.17, 15) is 9.59 Å². The first-order valence-corrected chi connectivity index (χ1v) is 7.61. The third kappa shape index (κ3) is 3.69. The number of aliphatic carboxylic acids is 1. The van der Waals surface area contributed by atoms with Gasteiger partial charge in [0.1, 0.15) is 5.01 Å². The number of carboxylic acids is 1. The van der Waals surface area contributed by atoms with Gasteiger partial charge < -0.3 is 15.3 Å². The van der Waals surface area contributed by atoms with Crippen molar-refractivity contribution in [1.82, 2.24) is 15.2 Å². The normalized spacial score (nSPS) is 18.2. The van der Waals surface area contributed by atoms with Crippen LogP contribution in [-0.4, -0.2) is 39.6 Å². The largest absolute Gasteiger partial charge is 0.481 e. The number of urea groups is 1. The van der Waals surface area contributed by atoms with E-state index in [-0.39, 0.29) is 18.5 Å². The van der Waals surface area contributed by atoms with Gasteiger partial charge in [0.05, 0.1) is 13.0 Å². The summed E-state index contributed by atoms with van der Waals surface area (Å²) in [5, 5.41) is 12.5. The molecule has 0 radical (unpaired) electrons. The van der Waals surface area contributed by atoms with Crippen LogP contribution in [0.4, 0.5) is 4.79 Å². The number of hydrogen-bond donors (Lipinski definition) is 2. The molecule has 1 aromatic rings. The summed E-state index contributed by atoms with van der Waals surface area (Å²) in [6.45, 7) is 3.10. The van der Waals surface area contributed by atoms with Gasteiger partial charge in [0.25, 0.3) is 0 Å². The van der Waals surface area contributed by atoms with Crippen LogP contribution in [0.1, 0.15) is 36.1 Å². The molecule has 0 aromatic carbocycles. The maximum atomic E-state index is 12.1. The van der Waals surface area contributed by atoms with Crippen molar-refractivity contribution in [2.45, 2.75) is 45.2 Å². The van der Waals surface area contributed by atoms with Gasteiger partial charge in [0.15, 0.2) is 0 Å². The molecule has 1 unspecified atom stereocenters. The van der Waals surface area contributed by atoms with Gasteiger partial charge in [-0.2, -0.15) is 0 Å². The van der Waals surface area contributed by atoms with E-state index in [0.29, 0.717) is 13.1 Å². The van der Waals surface area contributed by atoms with Crippen molar-refractivity contribution in [3.63, 3.8) is 0 Å². The fraction of sp³-hybridized carbons (Fsp3) is 0.615. The molecule has 2 rings (SSSR count). The first kappa shape index (κ1) is 14.8. The number of aryl methyl sites for hydroxylation is 1. The number of likely N-dealkylation sites (tertiary alicyclic amines) is 1. The van der Waals surface area contributed by atoms with Gasteiger partial charge in [-0.25, -0.2) is 9.78 Å². The van der Waals surface area contributed by atoms with E-state index in [1.165, 1.54) is 4.88 Å². The predicted molar refractivity (Wildman–Crippen MR) is 75.7 cm³/mol. The minimum atomic E-state index is -0.859. The number of carboxylic acid groups (broad SMARTS) is 1. The fourth-order valence-corrected chi connectivity index (χ4v) is 3.16. The van der Waals surface area contributed by atoms with Crippen molar-refractivity contribution < 1.29 is 14.7 Å². The Morgan fingerprint density at radius 2 is 2.40 bits per heavy atom. The van der Waals surface area contributed by atoms with Crippen LogP contribution in [0.2, 0.25) is 0 Å². The summed E-state index contributed by atoms with van der Waals surface area (Å²) >= 11 is 1.59. The monoisotopic (exact) mass is 297 g/mol. The van der Waals surface area contributed by atoms with Crippen LogP contribution in [0.15, 0.2) is 6.20 Å². The van der Waals surface area contributed by atoms with E-state index in [2.05, 4.69) is 17.2 Å². The zero-order valence-electron chi connectivity index (χ0n) is 11.5. The number of nitrogens with zero attached hydrogens (tertiary/aromatic N) is 2. The molecular weight excluding hydrogens is 278 g/mol. The van der Waals surface area contributed by atoms with E-state index in [1.54, 1.807) is 16.2 Å². The second-order valence-corrected chi connectivity index (χ2v) is 6.02. The van der Waals surface area contributed by atoms with Crippen LogP contribution in [0.5, 0.6) is 0 Å². The Balaban J connectivity index is 1.86. The number of nitrogens with one attached hydrogen (secondary N) is 1. The molecule has 110 valence electrons. The van der Waals surface area contributed by atoms with E-state index in [4.69, 9.17) is 5.11 Å². The Labute approximate surface area is 121 Å². The lowest BCUT2D eigenvalue weighted by Gasteiger charge is -2.23. The van der Waals surface area contributed by atoms with Crippen LogP contribution >= 0.6 is 11.3 Å². The van der Waals surface area contributed by atoms with Crippen LogP contribution in [0.25, 0.3) is 0 Å². The molecule has 20 heavy (non-hydrogen) atoms. The van der Waals surface area contributed by atoms with Gasteiger partial charge in [-0.3, -0.25) is 4.79 Å². The number of thiazole rings is 1. The number of rotatable bonds is 5. The van der Waals surface area contributed by atoms with E-state index < -0.39 is 5.97 Å². The molecule has 0 saturated carbocycles. The van der Waals surface area contributed by atoms with Crippen LogP contribution in [-0.2, 0) is 17.8 Å². The summed E-state index contributed by atoms with van der Waals surface area (Å²) in [7, 11) is 0. The summed E-state index contributed by atoms with van der Waals surface area (Å²) in [6, 6.07) is -0.378. The highest BCUT2D eigenvalue weighted by Crippen LogP contribution is 2.20. The van der Waals surface area contributed by atoms with Crippen LogP contribution < -0.4 is 5.32 Å². The molecule has 1 aliphatic heterocycles. The summed E-state index contributed by atoms with van der Waals surface area (Å²) in [6.07, 6.45) is 4.41. The minimum Gasteiger partial charge on any atom is -0.481 e. The quantitative estimate of drug-likeness (QED) is 0.869. The van der Waals surface area contributed by atoms with E-state index in [1.807, 2.05) is 6.20 Å². The molecule has 1 aromatic heterocycles. The summed E-state index contributed by atoms with van der Waals surface area (Å²) in [5.41, 5.74) is 0. The van der Waals surface area contributed by atoms with Gasteiger partial charge in [0.2, 0.25) is 0 Å². The fourth-order valence-electron chi connectivity index (χ4n) is 2.36. The summed E-state index contributed by atoms with van der Waals surface area (Å²) < 4.78 is 0. The highest BCUT2D eigenvalue weighted by Gasteiger charge is 2.30.